The molecule has 0 amide bonds. The lowest BCUT2D eigenvalue weighted by molar-refractivity contribution is 0.200. The van der Waals surface area contributed by atoms with Gasteiger partial charge in [-0.3, -0.25) is 0 Å². The van der Waals surface area contributed by atoms with E-state index in [1.807, 2.05) is 32.4 Å². The zero-order valence-electron chi connectivity index (χ0n) is 14.0. The first-order valence-corrected chi connectivity index (χ1v) is 7.84. The van der Waals surface area contributed by atoms with E-state index in [1.54, 1.807) is 24.7 Å². The highest BCUT2D eigenvalue weighted by Gasteiger charge is 2.19. The summed E-state index contributed by atoms with van der Waals surface area (Å²) in [5, 5.41) is 8.92. The predicted molar refractivity (Wildman–Crippen MR) is 96.2 cm³/mol. The van der Waals surface area contributed by atoms with E-state index in [-0.39, 0.29) is 13.2 Å². The zero-order valence-corrected chi connectivity index (χ0v) is 14.0. The average Bonchev–Trinajstić information content (AvgIpc) is 2.61. The monoisotopic (exact) mass is 336 g/mol. The molecule has 0 saturated carbocycles. The van der Waals surface area contributed by atoms with Crippen LogP contribution in [0.5, 0.6) is 5.75 Å². The van der Waals surface area contributed by atoms with Crippen LogP contribution in [0.25, 0.3) is 5.57 Å². The summed E-state index contributed by atoms with van der Waals surface area (Å²) in [4.78, 5) is 21.4. The lowest BCUT2D eigenvalue weighted by atomic mass is 10.0. The van der Waals surface area contributed by atoms with Crippen LogP contribution in [-0.4, -0.2) is 45.3 Å². The fourth-order valence-corrected chi connectivity index (χ4v) is 2.25. The van der Waals surface area contributed by atoms with Crippen molar-refractivity contribution < 1.29 is 9.84 Å². The SMILES string of the molecule is Cc1nccc(N=C2C=C(c3cnc(C)c(OCCO)c3)[CH+]C=N2)n1. The van der Waals surface area contributed by atoms with E-state index in [1.165, 1.54) is 0 Å². The molecule has 0 unspecified atom stereocenters. The number of aromatic nitrogens is 3. The molecule has 3 heterocycles. The highest BCUT2D eigenvalue weighted by molar-refractivity contribution is 6.13. The van der Waals surface area contributed by atoms with Crippen LogP contribution >= 0.6 is 0 Å². The largest absolute Gasteiger partial charge is 0.488 e. The van der Waals surface area contributed by atoms with Crippen molar-refractivity contribution in [3.8, 4) is 5.75 Å². The van der Waals surface area contributed by atoms with Gasteiger partial charge in [-0.25, -0.2) is 19.9 Å². The number of allylic oxidation sites excluding steroid dienone is 1. The van der Waals surface area contributed by atoms with Crippen molar-refractivity contribution in [3.05, 3.63) is 54.1 Å². The van der Waals surface area contributed by atoms with Crippen molar-refractivity contribution in [2.24, 2.45) is 9.98 Å². The predicted octanol–water partition coefficient (Wildman–Crippen LogP) is 2.26. The van der Waals surface area contributed by atoms with Crippen molar-refractivity contribution >= 4 is 23.4 Å². The molecular formula is C18H18N5O2+. The molecule has 0 aliphatic carbocycles. The van der Waals surface area contributed by atoms with Gasteiger partial charge < -0.3 is 9.84 Å². The fourth-order valence-electron chi connectivity index (χ4n) is 2.25. The smallest absolute Gasteiger partial charge is 0.215 e. The van der Waals surface area contributed by atoms with Gasteiger partial charge >= 0.3 is 0 Å². The van der Waals surface area contributed by atoms with Crippen molar-refractivity contribution in [1.82, 2.24) is 15.0 Å². The maximum atomic E-state index is 8.92. The lowest BCUT2D eigenvalue weighted by Crippen LogP contribution is -2.05. The molecule has 1 N–H and O–H groups in total. The van der Waals surface area contributed by atoms with Crippen molar-refractivity contribution in [2.75, 3.05) is 13.2 Å². The molecule has 7 heteroatoms. The topological polar surface area (TPSA) is 92.9 Å². The minimum Gasteiger partial charge on any atom is -0.488 e. The number of rotatable bonds is 5. The number of hydrogen-bond acceptors (Lipinski definition) is 6. The first kappa shape index (κ1) is 16.8. The van der Waals surface area contributed by atoms with E-state index < -0.39 is 0 Å². The summed E-state index contributed by atoms with van der Waals surface area (Å²) in [5.41, 5.74) is 2.57. The number of aliphatic hydroxyl groups is 1. The number of aryl methyl sites for hydroxylation is 2. The molecule has 126 valence electrons. The Labute approximate surface area is 145 Å². The van der Waals surface area contributed by atoms with Crippen LogP contribution in [0, 0.1) is 20.3 Å². The van der Waals surface area contributed by atoms with Gasteiger partial charge in [-0.2, -0.15) is 4.99 Å². The van der Waals surface area contributed by atoms with Gasteiger partial charge in [0.2, 0.25) is 5.84 Å². The summed E-state index contributed by atoms with van der Waals surface area (Å²) in [6.45, 7) is 3.87. The van der Waals surface area contributed by atoms with E-state index in [9.17, 15) is 0 Å². The van der Waals surface area contributed by atoms with Crippen LogP contribution in [0.1, 0.15) is 17.1 Å². The Bertz CT molecular complexity index is 858. The van der Waals surface area contributed by atoms with Gasteiger partial charge in [0.15, 0.2) is 11.6 Å². The number of aliphatic imine (C=N–C) groups is 2. The van der Waals surface area contributed by atoms with Gasteiger partial charge in [-0.15, -0.1) is 0 Å². The first-order valence-electron chi connectivity index (χ1n) is 7.84. The minimum absolute atomic E-state index is 0.0414. The molecule has 0 radical (unpaired) electrons. The zero-order chi connectivity index (χ0) is 17.6. The van der Waals surface area contributed by atoms with Crippen LogP contribution in [0.3, 0.4) is 0 Å². The molecule has 7 nitrogen and oxygen atoms in total. The molecule has 0 aromatic carbocycles. The van der Waals surface area contributed by atoms with Gasteiger partial charge in [0.05, 0.1) is 37.2 Å². The van der Waals surface area contributed by atoms with E-state index >= 15 is 0 Å². The molecule has 0 spiro atoms. The maximum Gasteiger partial charge on any atom is 0.215 e. The Balaban J connectivity index is 1.88. The van der Waals surface area contributed by atoms with Crippen molar-refractivity contribution in [3.63, 3.8) is 0 Å². The van der Waals surface area contributed by atoms with E-state index in [4.69, 9.17) is 9.84 Å². The third kappa shape index (κ3) is 4.27. The van der Waals surface area contributed by atoms with Gasteiger partial charge in [-0.1, -0.05) is 0 Å². The van der Waals surface area contributed by atoms with Gasteiger partial charge in [0.25, 0.3) is 0 Å². The molecule has 2 aromatic rings. The molecule has 0 saturated heterocycles. The standard InChI is InChI=1S/C18H18N5O2/c1-12-16(25-8-7-24)9-15(11-21-12)14-3-5-20-18(10-14)23-17-4-6-19-13(2)22-17/h3-6,9-11,24H,7-8H2,1-2H3/q+1. The highest BCUT2D eigenvalue weighted by atomic mass is 16.5. The Morgan fingerprint density at radius 3 is 2.96 bits per heavy atom. The van der Waals surface area contributed by atoms with Gasteiger partial charge in [0.1, 0.15) is 23.6 Å². The molecule has 0 atom stereocenters. The van der Waals surface area contributed by atoms with E-state index in [0.717, 1.165) is 16.8 Å². The molecule has 3 rings (SSSR count). The summed E-state index contributed by atoms with van der Waals surface area (Å²) in [6, 6.07) is 3.63. The number of amidine groups is 1. The van der Waals surface area contributed by atoms with Crippen LogP contribution < -0.4 is 4.74 Å². The Hall–Kier alpha value is -3.06. The maximum absolute atomic E-state index is 8.92. The number of hydrogen-bond donors (Lipinski definition) is 1. The molecule has 1 aliphatic heterocycles. The molecule has 2 aromatic heterocycles. The van der Waals surface area contributed by atoms with Crippen molar-refractivity contribution in [2.45, 2.75) is 13.8 Å². The number of aliphatic hydroxyl groups excluding tert-OH is 1. The molecule has 0 bridgehead atoms. The summed E-state index contributed by atoms with van der Waals surface area (Å²) in [7, 11) is 0. The number of ether oxygens (including phenoxy) is 1. The fraction of sp³-hybridized carbons (Fsp3) is 0.222. The number of pyridine rings is 1. The highest BCUT2D eigenvalue weighted by Crippen LogP contribution is 2.25. The summed E-state index contributed by atoms with van der Waals surface area (Å²) in [5.74, 6) is 2.42. The molecule has 0 fully saturated rings. The summed E-state index contributed by atoms with van der Waals surface area (Å²) in [6.07, 6.45) is 8.87. The van der Waals surface area contributed by atoms with Crippen molar-refractivity contribution in [1.29, 1.82) is 0 Å². The first-order chi connectivity index (χ1) is 12.2. The Kier molecular flexibility index (Phi) is 5.15. The van der Waals surface area contributed by atoms with E-state index in [0.29, 0.717) is 23.2 Å². The molecule has 25 heavy (non-hydrogen) atoms. The van der Waals surface area contributed by atoms with Crippen LogP contribution in [-0.2, 0) is 0 Å². The Morgan fingerprint density at radius 2 is 2.16 bits per heavy atom. The second-order valence-corrected chi connectivity index (χ2v) is 5.36. The summed E-state index contributed by atoms with van der Waals surface area (Å²) < 4.78 is 5.52. The second kappa shape index (κ2) is 7.67. The lowest BCUT2D eigenvalue weighted by Gasteiger charge is -2.07. The van der Waals surface area contributed by atoms with Crippen LogP contribution in [0.15, 0.2) is 40.6 Å². The Morgan fingerprint density at radius 1 is 1.28 bits per heavy atom. The second-order valence-electron chi connectivity index (χ2n) is 5.36. The minimum atomic E-state index is -0.0414. The van der Waals surface area contributed by atoms with E-state index in [2.05, 4.69) is 24.9 Å². The summed E-state index contributed by atoms with van der Waals surface area (Å²) >= 11 is 0. The molecule has 1 aliphatic rings. The van der Waals surface area contributed by atoms with Crippen LogP contribution in [0.2, 0.25) is 0 Å². The number of dihydropyridines is 1. The molecular weight excluding hydrogens is 318 g/mol. The quantitative estimate of drug-likeness (QED) is 0.846. The average molecular weight is 336 g/mol. The van der Waals surface area contributed by atoms with Gasteiger partial charge in [-0.05, 0) is 13.8 Å². The number of nitrogens with zero attached hydrogens (tertiary/aromatic N) is 5. The van der Waals surface area contributed by atoms with Gasteiger partial charge in [0, 0.05) is 18.3 Å². The van der Waals surface area contributed by atoms with Crippen LogP contribution in [0.4, 0.5) is 5.82 Å². The normalized spacial score (nSPS) is 15.0. The third-order valence-corrected chi connectivity index (χ3v) is 3.46. The third-order valence-electron chi connectivity index (χ3n) is 3.46.